The van der Waals surface area contributed by atoms with E-state index in [0.717, 1.165) is 15.9 Å². The molecule has 1 amide bonds. The Morgan fingerprint density at radius 1 is 1.13 bits per heavy atom. The molecule has 0 saturated heterocycles. The summed E-state index contributed by atoms with van der Waals surface area (Å²) < 4.78 is 32.3. The fourth-order valence-electron chi connectivity index (χ4n) is 2.65. The summed E-state index contributed by atoms with van der Waals surface area (Å²) in [5.41, 5.74) is 1.73. The Morgan fingerprint density at radius 2 is 1.87 bits per heavy atom. The van der Waals surface area contributed by atoms with Crippen LogP contribution in [0.3, 0.4) is 0 Å². The zero-order valence-electron chi connectivity index (χ0n) is 16.8. The molecule has 0 aliphatic heterocycles. The molecule has 3 rings (SSSR count). The normalized spacial score (nSPS) is 11.5. The number of sulfonamides is 1. The Bertz CT molecular complexity index is 1130. The molecular formula is C20H22N4O5S. The summed E-state index contributed by atoms with van der Waals surface area (Å²) in [5.74, 6) is 0.338. The summed E-state index contributed by atoms with van der Waals surface area (Å²) >= 11 is 0. The number of carbonyl (C=O) groups is 1. The summed E-state index contributed by atoms with van der Waals surface area (Å²) in [6.45, 7) is 0.191. The van der Waals surface area contributed by atoms with E-state index in [4.69, 9.17) is 9.57 Å². The van der Waals surface area contributed by atoms with Crippen molar-refractivity contribution >= 4 is 15.9 Å². The summed E-state index contributed by atoms with van der Waals surface area (Å²) in [5, 5.41) is 7.18. The Morgan fingerprint density at radius 3 is 2.53 bits per heavy atom. The number of nitrogens with one attached hydrogen (secondary N) is 1. The average molecular weight is 430 g/mol. The van der Waals surface area contributed by atoms with E-state index in [1.54, 1.807) is 24.1 Å². The lowest BCUT2D eigenvalue weighted by Gasteiger charge is -2.14. The molecule has 0 spiro atoms. The summed E-state index contributed by atoms with van der Waals surface area (Å²) in [6, 6.07) is 14.9. The van der Waals surface area contributed by atoms with Crippen molar-refractivity contribution in [2.45, 2.75) is 11.4 Å². The van der Waals surface area contributed by atoms with Crippen LogP contribution in [0.1, 0.15) is 16.1 Å². The van der Waals surface area contributed by atoms with Crippen LogP contribution < -0.4 is 10.1 Å². The van der Waals surface area contributed by atoms with Crippen LogP contribution in [0.25, 0.3) is 5.69 Å². The molecule has 30 heavy (non-hydrogen) atoms. The molecule has 158 valence electrons. The molecule has 1 heterocycles. The maximum Gasteiger partial charge on any atom is 0.264 e. The number of amides is 1. The highest BCUT2D eigenvalue weighted by Gasteiger charge is 2.21. The SMILES string of the molecule is COc1ccc(-n2ccc(CNC(=O)c3cccc(S(=O)(=O)N(C)OC)c3)n2)cc1. The van der Waals surface area contributed by atoms with Gasteiger partial charge >= 0.3 is 0 Å². The number of hydroxylamine groups is 1. The van der Waals surface area contributed by atoms with Crippen LogP contribution in [-0.4, -0.2) is 49.8 Å². The van der Waals surface area contributed by atoms with Gasteiger partial charge in [-0.3, -0.25) is 9.63 Å². The minimum atomic E-state index is -3.84. The zero-order chi connectivity index (χ0) is 21.7. The number of ether oxygens (including phenoxy) is 1. The molecular weight excluding hydrogens is 408 g/mol. The van der Waals surface area contributed by atoms with Crippen molar-refractivity contribution in [2.24, 2.45) is 0 Å². The summed E-state index contributed by atoms with van der Waals surface area (Å²) in [4.78, 5) is 17.2. The second kappa shape index (κ2) is 9.08. The lowest BCUT2D eigenvalue weighted by Crippen LogP contribution is -2.27. The van der Waals surface area contributed by atoms with E-state index in [0.29, 0.717) is 5.69 Å². The smallest absolute Gasteiger partial charge is 0.264 e. The maximum atomic E-state index is 12.5. The van der Waals surface area contributed by atoms with Crippen molar-refractivity contribution in [3.63, 3.8) is 0 Å². The van der Waals surface area contributed by atoms with Gasteiger partial charge in [0.15, 0.2) is 0 Å². The minimum absolute atomic E-state index is 0.0386. The topological polar surface area (TPSA) is 103 Å². The Kier molecular flexibility index (Phi) is 6.50. The summed E-state index contributed by atoms with van der Waals surface area (Å²) in [6.07, 6.45) is 1.79. The molecule has 1 N–H and O–H groups in total. The first kappa shape index (κ1) is 21.5. The third kappa shape index (κ3) is 4.67. The van der Waals surface area contributed by atoms with Crippen molar-refractivity contribution in [3.05, 3.63) is 72.1 Å². The van der Waals surface area contributed by atoms with Crippen molar-refractivity contribution in [1.29, 1.82) is 0 Å². The molecule has 0 unspecified atom stereocenters. The van der Waals surface area contributed by atoms with Crippen LogP contribution in [0, 0.1) is 0 Å². The molecule has 0 bridgehead atoms. The highest BCUT2D eigenvalue weighted by molar-refractivity contribution is 7.89. The van der Waals surface area contributed by atoms with Crippen LogP contribution in [0.5, 0.6) is 5.75 Å². The van der Waals surface area contributed by atoms with Gasteiger partial charge in [0.2, 0.25) is 0 Å². The van der Waals surface area contributed by atoms with Crippen molar-refractivity contribution in [3.8, 4) is 11.4 Å². The van der Waals surface area contributed by atoms with E-state index in [2.05, 4.69) is 10.4 Å². The molecule has 9 nitrogen and oxygen atoms in total. The van der Waals surface area contributed by atoms with Crippen molar-refractivity contribution in [1.82, 2.24) is 19.6 Å². The van der Waals surface area contributed by atoms with Gasteiger partial charge < -0.3 is 10.1 Å². The molecule has 0 radical (unpaired) electrons. The Hall–Kier alpha value is -3.21. The number of rotatable bonds is 8. The van der Waals surface area contributed by atoms with Gasteiger partial charge in [-0.1, -0.05) is 10.5 Å². The fourth-order valence-corrected chi connectivity index (χ4v) is 3.67. The second-order valence-electron chi connectivity index (χ2n) is 6.26. The number of hydrogen-bond donors (Lipinski definition) is 1. The van der Waals surface area contributed by atoms with Gasteiger partial charge in [-0.2, -0.15) is 5.10 Å². The predicted octanol–water partition coefficient (Wildman–Crippen LogP) is 1.99. The molecule has 3 aromatic rings. The van der Waals surface area contributed by atoms with Crippen LogP contribution in [-0.2, 0) is 21.4 Å². The predicted molar refractivity (Wildman–Crippen MR) is 110 cm³/mol. The van der Waals surface area contributed by atoms with Gasteiger partial charge in [-0.15, -0.1) is 0 Å². The first-order valence-electron chi connectivity index (χ1n) is 8.95. The van der Waals surface area contributed by atoms with Crippen LogP contribution in [0.4, 0.5) is 0 Å². The van der Waals surface area contributed by atoms with E-state index in [-0.39, 0.29) is 17.0 Å². The van der Waals surface area contributed by atoms with E-state index in [9.17, 15) is 13.2 Å². The van der Waals surface area contributed by atoms with Crippen LogP contribution in [0.15, 0.2) is 65.7 Å². The van der Waals surface area contributed by atoms with Gasteiger partial charge in [0.25, 0.3) is 15.9 Å². The average Bonchev–Trinajstić information content (AvgIpc) is 3.26. The zero-order valence-corrected chi connectivity index (χ0v) is 17.6. The molecule has 2 aromatic carbocycles. The quantitative estimate of drug-likeness (QED) is 0.549. The molecule has 0 atom stereocenters. The number of nitrogens with zero attached hydrogens (tertiary/aromatic N) is 3. The standard InChI is InChI=1S/C20H22N4O5S/c1-23(29-3)30(26,27)19-6-4-5-15(13-19)20(25)21-14-16-11-12-24(22-16)17-7-9-18(28-2)10-8-17/h4-13H,14H2,1-3H3,(H,21,25). The van der Waals surface area contributed by atoms with Crippen LogP contribution in [0.2, 0.25) is 0 Å². The highest BCUT2D eigenvalue weighted by Crippen LogP contribution is 2.17. The van der Waals surface area contributed by atoms with E-state index < -0.39 is 15.9 Å². The van der Waals surface area contributed by atoms with Crippen LogP contribution >= 0.6 is 0 Å². The molecule has 0 saturated carbocycles. The third-order valence-corrected chi connectivity index (χ3v) is 6.08. The van der Waals surface area contributed by atoms with Gasteiger partial charge in [0.05, 0.1) is 37.0 Å². The number of methoxy groups -OCH3 is 1. The fraction of sp³-hybridized carbons (Fsp3) is 0.200. The van der Waals surface area contributed by atoms with Gasteiger partial charge in [0, 0.05) is 18.8 Å². The lowest BCUT2D eigenvalue weighted by molar-refractivity contribution is -0.0258. The monoisotopic (exact) mass is 430 g/mol. The maximum absolute atomic E-state index is 12.5. The molecule has 10 heteroatoms. The van der Waals surface area contributed by atoms with Gasteiger partial charge in [-0.25, -0.2) is 13.1 Å². The number of aromatic nitrogens is 2. The number of carbonyl (C=O) groups excluding carboxylic acids is 1. The molecule has 0 aliphatic rings. The van der Waals surface area contributed by atoms with E-state index in [1.807, 2.05) is 24.3 Å². The van der Waals surface area contributed by atoms with E-state index in [1.165, 1.54) is 38.4 Å². The van der Waals surface area contributed by atoms with Gasteiger partial charge in [-0.05, 0) is 48.5 Å². The van der Waals surface area contributed by atoms with Crippen molar-refractivity contribution in [2.75, 3.05) is 21.3 Å². The third-order valence-electron chi connectivity index (χ3n) is 4.40. The van der Waals surface area contributed by atoms with Crippen molar-refractivity contribution < 1.29 is 22.8 Å². The molecule has 0 aliphatic carbocycles. The van der Waals surface area contributed by atoms with Gasteiger partial charge in [0.1, 0.15) is 5.75 Å². The first-order chi connectivity index (χ1) is 14.3. The second-order valence-corrected chi connectivity index (χ2v) is 8.19. The molecule has 0 fully saturated rings. The highest BCUT2D eigenvalue weighted by atomic mass is 32.2. The molecule has 1 aromatic heterocycles. The van der Waals surface area contributed by atoms with E-state index >= 15 is 0 Å². The first-order valence-corrected chi connectivity index (χ1v) is 10.4. The number of benzene rings is 2. The number of hydrogen-bond acceptors (Lipinski definition) is 6. The Balaban J connectivity index is 1.68. The largest absolute Gasteiger partial charge is 0.497 e. The Labute approximate surface area is 174 Å². The summed E-state index contributed by atoms with van der Waals surface area (Å²) in [7, 11) is 0.292. The minimum Gasteiger partial charge on any atom is -0.497 e. The lowest BCUT2D eigenvalue weighted by atomic mass is 10.2.